The van der Waals surface area contributed by atoms with Crippen molar-refractivity contribution in [1.29, 1.82) is 0 Å². The second-order valence-electron chi connectivity index (χ2n) is 6.27. The Morgan fingerprint density at radius 3 is 2.64 bits per heavy atom. The maximum absolute atomic E-state index is 12.7. The van der Waals surface area contributed by atoms with E-state index in [0.717, 1.165) is 24.2 Å². The van der Waals surface area contributed by atoms with Gasteiger partial charge in [0.15, 0.2) is 0 Å². The molecule has 1 aliphatic rings. The second kappa shape index (κ2) is 7.51. The van der Waals surface area contributed by atoms with E-state index in [-0.39, 0.29) is 17.8 Å². The van der Waals surface area contributed by atoms with E-state index in [2.05, 4.69) is 5.10 Å². The molecule has 1 aromatic carbocycles. The average Bonchev–Trinajstić information content (AvgIpc) is 3.07. The Morgan fingerprint density at radius 1 is 1.24 bits per heavy atom. The number of aryl methyl sites for hydroxylation is 1. The molecule has 1 saturated heterocycles. The zero-order valence-corrected chi connectivity index (χ0v) is 14.6. The zero-order chi connectivity index (χ0) is 17.8. The van der Waals surface area contributed by atoms with Gasteiger partial charge in [-0.25, -0.2) is 4.68 Å². The van der Waals surface area contributed by atoms with Crippen molar-refractivity contribution in [2.75, 3.05) is 19.7 Å². The molecular formula is C19H23N3O3. The van der Waals surface area contributed by atoms with Gasteiger partial charge in [-0.3, -0.25) is 9.59 Å². The summed E-state index contributed by atoms with van der Waals surface area (Å²) in [5, 5.41) is 4.27. The highest BCUT2D eigenvalue weighted by atomic mass is 16.5. The van der Waals surface area contributed by atoms with Gasteiger partial charge in [0.2, 0.25) is 0 Å². The molecule has 25 heavy (non-hydrogen) atoms. The van der Waals surface area contributed by atoms with Crippen molar-refractivity contribution in [1.82, 2.24) is 14.7 Å². The molecule has 0 bridgehead atoms. The quantitative estimate of drug-likeness (QED) is 0.802. The molecule has 1 fully saturated rings. The number of esters is 1. The lowest BCUT2D eigenvalue weighted by molar-refractivity contribution is -0.149. The van der Waals surface area contributed by atoms with Gasteiger partial charge in [0.05, 0.1) is 18.2 Å². The smallest absolute Gasteiger partial charge is 0.310 e. The molecule has 1 aliphatic heterocycles. The first-order chi connectivity index (χ1) is 12.1. The lowest BCUT2D eigenvalue weighted by Crippen LogP contribution is -2.42. The van der Waals surface area contributed by atoms with Crippen molar-refractivity contribution in [2.24, 2.45) is 5.92 Å². The summed E-state index contributed by atoms with van der Waals surface area (Å²) in [5.74, 6) is -0.467. The molecular weight excluding hydrogens is 318 g/mol. The third kappa shape index (κ3) is 3.73. The minimum atomic E-state index is -0.219. The molecule has 132 valence electrons. The highest BCUT2D eigenvalue weighted by Crippen LogP contribution is 2.20. The number of nitrogens with zero attached hydrogens (tertiary/aromatic N) is 3. The number of ether oxygens (including phenoxy) is 1. The number of hydrogen-bond donors (Lipinski definition) is 0. The Kier molecular flexibility index (Phi) is 5.16. The van der Waals surface area contributed by atoms with Crippen molar-refractivity contribution in [3.63, 3.8) is 0 Å². The zero-order valence-electron chi connectivity index (χ0n) is 14.6. The molecule has 6 heteroatoms. The maximum Gasteiger partial charge on any atom is 0.310 e. The largest absolute Gasteiger partial charge is 0.466 e. The fourth-order valence-electron chi connectivity index (χ4n) is 3.18. The molecule has 1 aromatic heterocycles. The van der Waals surface area contributed by atoms with Crippen LogP contribution in [0.4, 0.5) is 0 Å². The van der Waals surface area contributed by atoms with E-state index in [1.54, 1.807) is 18.0 Å². The number of aromatic nitrogens is 2. The van der Waals surface area contributed by atoms with E-state index < -0.39 is 0 Å². The summed E-state index contributed by atoms with van der Waals surface area (Å²) in [6.45, 7) is 5.26. The number of amides is 1. The van der Waals surface area contributed by atoms with E-state index in [4.69, 9.17) is 4.74 Å². The first kappa shape index (κ1) is 17.2. The molecule has 0 saturated carbocycles. The summed E-state index contributed by atoms with van der Waals surface area (Å²) in [4.78, 5) is 26.4. The summed E-state index contributed by atoms with van der Waals surface area (Å²) >= 11 is 0. The molecule has 1 amide bonds. The molecule has 0 N–H and O–H groups in total. The molecule has 1 atom stereocenters. The van der Waals surface area contributed by atoms with Crippen molar-refractivity contribution in [2.45, 2.75) is 26.7 Å². The van der Waals surface area contributed by atoms with Crippen molar-refractivity contribution < 1.29 is 14.3 Å². The van der Waals surface area contributed by atoms with Gasteiger partial charge in [-0.15, -0.1) is 0 Å². The predicted molar refractivity (Wildman–Crippen MR) is 93.6 cm³/mol. The van der Waals surface area contributed by atoms with Gasteiger partial charge in [-0.1, -0.05) is 0 Å². The Bertz CT molecular complexity index is 752. The minimum absolute atomic E-state index is 0.0438. The topological polar surface area (TPSA) is 64.4 Å². The van der Waals surface area contributed by atoms with E-state index in [1.165, 1.54) is 0 Å². The summed E-state index contributed by atoms with van der Waals surface area (Å²) in [6.07, 6.45) is 3.34. The number of hydrogen-bond acceptors (Lipinski definition) is 4. The Labute approximate surface area is 147 Å². The number of benzene rings is 1. The van der Waals surface area contributed by atoms with Crippen LogP contribution in [0.3, 0.4) is 0 Å². The van der Waals surface area contributed by atoms with Crippen LogP contribution < -0.4 is 0 Å². The van der Waals surface area contributed by atoms with Gasteiger partial charge >= 0.3 is 5.97 Å². The van der Waals surface area contributed by atoms with Crippen LogP contribution in [0.15, 0.2) is 36.5 Å². The van der Waals surface area contributed by atoms with Gasteiger partial charge in [-0.05, 0) is 57.0 Å². The van der Waals surface area contributed by atoms with Gasteiger partial charge in [0.25, 0.3) is 5.91 Å². The Hall–Kier alpha value is -2.63. The number of likely N-dealkylation sites (tertiary alicyclic amines) is 1. The second-order valence-corrected chi connectivity index (χ2v) is 6.27. The van der Waals surface area contributed by atoms with Crippen LogP contribution >= 0.6 is 0 Å². The molecule has 0 spiro atoms. The van der Waals surface area contributed by atoms with Gasteiger partial charge in [-0.2, -0.15) is 5.10 Å². The van der Waals surface area contributed by atoms with Crippen LogP contribution in [0.2, 0.25) is 0 Å². The van der Waals surface area contributed by atoms with Crippen molar-refractivity contribution >= 4 is 11.9 Å². The maximum atomic E-state index is 12.7. The molecule has 1 unspecified atom stereocenters. The summed E-state index contributed by atoms with van der Waals surface area (Å²) in [6, 6.07) is 9.34. The average molecular weight is 341 g/mol. The fraction of sp³-hybridized carbons (Fsp3) is 0.421. The molecule has 6 nitrogen and oxygen atoms in total. The van der Waals surface area contributed by atoms with Crippen LogP contribution in [-0.2, 0) is 9.53 Å². The van der Waals surface area contributed by atoms with E-state index in [1.807, 2.05) is 41.9 Å². The van der Waals surface area contributed by atoms with E-state index in [9.17, 15) is 9.59 Å². The number of piperidine rings is 1. The van der Waals surface area contributed by atoms with Crippen molar-refractivity contribution in [3.05, 3.63) is 47.8 Å². The number of carbonyl (C=O) groups is 2. The van der Waals surface area contributed by atoms with Gasteiger partial charge < -0.3 is 9.64 Å². The van der Waals surface area contributed by atoms with Gasteiger partial charge in [0.1, 0.15) is 0 Å². The number of carbonyl (C=O) groups excluding carboxylic acids is 2. The molecule has 3 rings (SSSR count). The third-order valence-corrected chi connectivity index (χ3v) is 4.52. The summed E-state index contributed by atoms with van der Waals surface area (Å²) < 4.78 is 6.92. The highest BCUT2D eigenvalue weighted by molar-refractivity contribution is 5.94. The molecule has 2 aromatic rings. The van der Waals surface area contributed by atoms with Crippen molar-refractivity contribution in [3.8, 4) is 5.69 Å². The van der Waals surface area contributed by atoms with Crippen LogP contribution in [0.1, 0.15) is 35.8 Å². The SMILES string of the molecule is CCOC(=O)C1CCCN(C(=O)c2ccc(-n3nccc3C)cc2)C1. The van der Waals surface area contributed by atoms with Crippen LogP contribution in [-0.4, -0.2) is 46.3 Å². The standard InChI is InChI=1S/C19H23N3O3/c1-3-25-19(24)16-5-4-12-21(13-16)18(23)15-6-8-17(9-7-15)22-14(2)10-11-20-22/h6-11,16H,3-5,12-13H2,1-2H3. The Balaban J connectivity index is 1.70. The monoisotopic (exact) mass is 341 g/mol. The summed E-state index contributed by atoms with van der Waals surface area (Å²) in [7, 11) is 0. The Morgan fingerprint density at radius 2 is 2.00 bits per heavy atom. The van der Waals surface area contributed by atoms with E-state index >= 15 is 0 Å². The summed E-state index contributed by atoms with van der Waals surface area (Å²) in [5.41, 5.74) is 2.58. The van der Waals surface area contributed by atoms with Crippen LogP contribution in [0, 0.1) is 12.8 Å². The minimum Gasteiger partial charge on any atom is -0.466 e. The number of rotatable bonds is 4. The molecule has 2 heterocycles. The molecule has 0 aliphatic carbocycles. The normalized spacial score (nSPS) is 17.4. The molecule has 0 radical (unpaired) electrons. The lowest BCUT2D eigenvalue weighted by atomic mass is 9.97. The first-order valence-corrected chi connectivity index (χ1v) is 8.67. The van der Waals surface area contributed by atoms with E-state index in [0.29, 0.717) is 25.3 Å². The van der Waals surface area contributed by atoms with Gasteiger partial charge in [0, 0.05) is 30.5 Å². The van der Waals surface area contributed by atoms with Crippen LogP contribution in [0.5, 0.6) is 0 Å². The van der Waals surface area contributed by atoms with Crippen LogP contribution in [0.25, 0.3) is 5.69 Å². The third-order valence-electron chi connectivity index (χ3n) is 4.52. The first-order valence-electron chi connectivity index (χ1n) is 8.67. The predicted octanol–water partition coefficient (Wildman–Crippen LogP) is 2.60. The fourth-order valence-corrected chi connectivity index (χ4v) is 3.18. The highest BCUT2D eigenvalue weighted by Gasteiger charge is 2.29. The lowest BCUT2D eigenvalue weighted by Gasteiger charge is -2.31.